The summed E-state index contributed by atoms with van der Waals surface area (Å²) in [4.78, 5) is 39.1. The van der Waals surface area contributed by atoms with Crippen LogP contribution in [0.2, 0.25) is 0 Å². The maximum atomic E-state index is 12.7. The average molecular weight is 463 g/mol. The summed E-state index contributed by atoms with van der Waals surface area (Å²) in [6.45, 7) is 2.47. The molecular weight excluding hydrogens is 436 g/mol. The van der Waals surface area contributed by atoms with Gasteiger partial charge in [-0.1, -0.05) is 31.5 Å². The zero-order valence-electron chi connectivity index (χ0n) is 18.9. The number of rotatable bonds is 10. The monoisotopic (exact) mass is 462 g/mol. The standard InChI is InChI=1S/C26H26N2O6/c1-2-3-13-27-26(31)24-12-10-20(34-24)15-28-21-14-18(9-11-23(21)33-17-25(28)30)22(29)16-32-19-7-5-4-6-8-19/h4-12,14H,2-3,13,15-17H2,1H3,(H,27,31). The molecule has 4 rings (SSSR count). The molecule has 0 fully saturated rings. The van der Waals surface area contributed by atoms with Gasteiger partial charge in [-0.05, 0) is 48.9 Å². The highest BCUT2D eigenvalue weighted by Crippen LogP contribution is 2.34. The van der Waals surface area contributed by atoms with Crippen molar-refractivity contribution in [2.75, 3.05) is 24.7 Å². The van der Waals surface area contributed by atoms with Crippen LogP contribution >= 0.6 is 0 Å². The van der Waals surface area contributed by atoms with Crippen molar-refractivity contribution in [3.8, 4) is 11.5 Å². The van der Waals surface area contributed by atoms with Gasteiger partial charge in [-0.15, -0.1) is 0 Å². The Morgan fingerprint density at radius 1 is 1.09 bits per heavy atom. The zero-order chi connectivity index (χ0) is 23.9. The summed E-state index contributed by atoms with van der Waals surface area (Å²) in [7, 11) is 0. The number of hydrogen-bond acceptors (Lipinski definition) is 6. The molecule has 3 aromatic rings. The SMILES string of the molecule is CCCCNC(=O)c1ccc(CN2C(=O)COc3ccc(C(=O)COc4ccccc4)cc32)o1. The minimum absolute atomic E-state index is 0.107. The normalized spacial score (nSPS) is 12.6. The molecule has 0 spiro atoms. The molecule has 2 heterocycles. The van der Waals surface area contributed by atoms with Gasteiger partial charge in [0, 0.05) is 12.1 Å². The highest BCUT2D eigenvalue weighted by Gasteiger charge is 2.28. The van der Waals surface area contributed by atoms with E-state index < -0.39 is 0 Å². The number of unbranched alkanes of at least 4 members (excludes halogenated alkanes) is 1. The van der Waals surface area contributed by atoms with Gasteiger partial charge in [0.15, 0.2) is 24.8 Å². The van der Waals surface area contributed by atoms with Crippen LogP contribution in [-0.4, -0.2) is 37.4 Å². The first-order valence-electron chi connectivity index (χ1n) is 11.2. The highest BCUT2D eigenvalue weighted by atomic mass is 16.5. The summed E-state index contributed by atoms with van der Waals surface area (Å²) >= 11 is 0. The first kappa shape index (κ1) is 23.1. The number of fused-ring (bicyclic) bond motifs is 1. The summed E-state index contributed by atoms with van der Waals surface area (Å²) in [5, 5.41) is 2.80. The number of carbonyl (C=O) groups excluding carboxylic acids is 3. The molecule has 0 saturated heterocycles. The van der Waals surface area contributed by atoms with Gasteiger partial charge in [-0.2, -0.15) is 0 Å². The van der Waals surface area contributed by atoms with E-state index in [0.29, 0.717) is 35.1 Å². The molecule has 2 amide bonds. The van der Waals surface area contributed by atoms with E-state index in [-0.39, 0.29) is 43.1 Å². The smallest absolute Gasteiger partial charge is 0.286 e. The quantitative estimate of drug-likeness (QED) is 0.361. The number of para-hydroxylation sites is 1. The maximum absolute atomic E-state index is 12.7. The number of Topliss-reactive ketones (excluding diaryl/α,β-unsaturated/α-hetero) is 1. The fourth-order valence-corrected chi connectivity index (χ4v) is 3.50. The lowest BCUT2D eigenvalue weighted by atomic mass is 10.1. The van der Waals surface area contributed by atoms with Crippen molar-refractivity contribution in [1.29, 1.82) is 0 Å². The Balaban J connectivity index is 1.47. The fourth-order valence-electron chi connectivity index (χ4n) is 3.50. The second kappa shape index (κ2) is 10.7. The van der Waals surface area contributed by atoms with Crippen molar-refractivity contribution in [2.45, 2.75) is 26.3 Å². The molecule has 0 aliphatic carbocycles. The molecule has 176 valence electrons. The van der Waals surface area contributed by atoms with Crippen LogP contribution in [-0.2, 0) is 11.3 Å². The van der Waals surface area contributed by atoms with Crippen LogP contribution < -0.4 is 19.7 Å². The van der Waals surface area contributed by atoms with Crippen molar-refractivity contribution in [2.24, 2.45) is 0 Å². The Hall–Kier alpha value is -4.07. The summed E-state index contributed by atoms with van der Waals surface area (Å²) in [5.41, 5.74) is 0.862. The molecule has 1 aliphatic heterocycles. The minimum Gasteiger partial charge on any atom is -0.485 e. The molecule has 8 nitrogen and oxygen atoms in total. The van der Waals surface area contributed by atoms with E-state index in [9.17, 15) is 14.4 Å². The van der Waals surface area contributed by atoms with E-state index in [1.54, 1.807) is 42.5 Å². The van der Waals surface area contributed by atoms with Crippen molar-refractivity contribution in [1.82, 2.24) is 5.32 Å². The molecule has 0 radical (unpaired) electrons. The van der Waals surface area contributed by atoms with Gasteiger partial charge in [0.2, 0.25) is 0 Å². The largest absolute Gasteiger partial charge is 0.485 e. The van der Waals surface area contributed by atoms with Crippen LogP contribution in [0.5, 0.6) is 11.5 Å². The summed E-state index contributed by atoms with van der Waals surface area (Å²) in [5.74, 6) is 0.932. The number of hydrogen-bond donors (Lipinski definition) is 1. The molecular formula is C26H26N2O6. The third kappa shape index (κ3) is 5.46. The molecule has 0 unspecified atom stereocenters. The number of furan rings is 1. The van der Waals surface area contributed by atoms with E-state index in [4.69, 9.17) is 13.9 Å². The second-order valence-electron chi connectivity index (χ2n) is 7.85. The van der Waals surface area contributed by atoms with Crippen LogP contribution in [0.1, 0.15) is 46.4 Å². The van der Waals surface area contributed by atoms with Crippen LogP contribution in [0, 0.1) is 0 Å². The maximum Gasteiger partial charge on any atom is 0.286 e. The lowest BCUT2D eigenvalue weighted by Gasteiger charge is -2.29. The number of ketones is 1. The summed E-state index contributed by atoms with van der Waals surface area (Å²) < 4.78 is 16.8. The van der Waals surface area contributed by atoms with E-state index >= 15 is 0 Å². The fraction of sp³-hybridized carbons (Fsp3) is 0.269. The van der Waals surface area contributed by atoms with Crippen molar-refractivity contribution in [3.63, 3.8) is 0 Å². The Morgan fingerprint density at radius 2 is 1.91 bits per heavy atom. The van der Waals surface area contributed by atoms with Gasteiger partial charge in [-0.25, -0.2) is 0 Å². The summed E-state index contributed by atoms with van der Waals surface area (Å²) in [6, 6.07) is 17.3. The van der Waals surface area contributed by atoms with Gasteiger partial charge < -0.3 is 19.2 Å². The van der Waals surface area contributed by atoms with E-state index in [2.05, 4.69) is 5.32 Å². The molecule has 0 atom stereocenters. The van der Waals surface area contributed by atoms with Gasteiger partial charge in [0.25, 0.3) is 11.8 Å². The zero-order valence-corrected chi connectivity index (χ0v) is 18.9. The number of amides is 2. The van der Waals surface area contributed by atoms with Crippen LogP contribution in [0.4, 0.5) is 5.69 Å². The van der Waals surface area contributed by atoms with Crippen molar-refractivity contribution in [3.05, 3.63) is 77.7 Å². The van der Waals surface area contributed by atoms with Gasteiger partial charge in [0.05, 0.1) is 12.2 Å². The molecule has 0 bridgehead atoms. The number of nitrogens with one attached hydrogen (secondary N) is 1. The third-order valence-corrected chi connectivity index (χ3v) is 5.35. The Morgan fingerprint density at radius 3 is 2.71 bits per heavy atom. The number of anilines is 1. The summed E-state index contributed by atoms with van der Waals surface area (Å²) in [6.07, 6.45) is 1.86. The number of carbonyl (C=O) groups is 3. The first-order chi connectivity index (χ1) is 16.5. The predicted molar refractivity (Wildman–Crippen MR) is 125 cm³/mol. The third-order valence-electron chi connectivity index (χ3n) is 5.35. The molecule has 2 aromatic carbocycles. The molecule has 1 aliphatic rings. The van der Waals surface area contributed by atoms with Gasteiger partial charge >= 0.3 is 0 Å². The topological polar surface area (TPSA) is 98.1 Å². The molecule has 34 heavy (non-hydrogen) atoms. The van der Waals surface area contributed by atoms with E-state index in [1.807, 2.05) is 25.1 Å². The van der Waals surface area contributed by atoms with Gasteiger partial charge in [0.1, 0.15) is 17.3 Å². The first-order valence-corrected chi connectivity index (χ1v) is 11.2. The molecule has 8 heteroatoms. The van der Waals surface area contributed by atoms with E-state index in [0.717, 1.165) is 12.8 Å². The Kier molecular flexibility index (Phi) is 7.27. The Labute approximate surface area is 197 Å². The lowest BCUT2D eigenvalue weighted by molar-refractivity contribution is -0.121. The highest BCUT2D eigenvalue weighted by molar-refractivity contribution is 6.02. The predicted octanol–water partition coefficient (Wildman–Crippen LogP) is 4.00. The van der Waals surface area contributed by atoms with Gasteiger partial charge in [-0.3, -0.25) is 19.3 Å². The minimum atomic E-state index is -0.292. The second-order valence-corrected chi connectivity index (χ2v) is 7.85. The Bertz CT molecular complexity index is 1170. The number of ether oxygens (including phenoxy) is 2. The molecule has 1 N–H and O–H groups in total. The van der Waals surface area contributed by atoms with Crippen molar-refractivity contribution < 1.29 is 28.3 Å². The van der Waals surface area contributed by atoms with Crippen molar-refractivity contribution >= 4 is 23.3 Å². The average Bonchev–Trinajstić information content (AvgIpc) is 3.33. The van der Waals surface area contributed by atoms with Crippen LogP contribution in [0.3, 0.4) is 0 Å². The van der Waals surface area contributed by atoms with Crippen LogP contribution in [0.25, 0.3) is 0 Å². The van der Waals surface area contributed by atoms with E-state index in [1.165, 1.54) is 4.90 Å². The lowest BCUT2D eigenvalue weighted by Crippen LogP contribution is -2.38. The molecule has 1 aromatic heterocycles. The number of nitrogens with zero attached hydrogens (tertiary/aromatic N) is 1. The molecule has 0 saturated carbocycles. The van der Waals surface area contributed by atoms with Crippen LogP contribution in [0.15, 0.2) is 65.1 Å². The number of benzene rings is 2.